The van der Waals surface area contributed by atoms with Crippen molar-refractivity contribution in [3.05, 3.63) is 47.9 Å². The number of aryl methyl sites for hydroxylation is 1. The van der Waals surface area contributed by atoms with E-state index in [-0.39, 0.29) is 5.91 Å². The third-order valence-electron chi connectivity index (χ3n) is 2.57. The number of carbonyl (C=O) groups excluding carboxylic acids is 1. The fraction of sp³-hybridized carbons (Fsp3) is 0.214. The van der Waals surface area contributed by atoms with Crippen LogP contribution in [0, 0.1) is 6.92 Å². The molecule has 2 rings (SSSR count). The molecule has 0 saturated carbocycles. The summed E-state index contributed by atoms with van der Waals surface area (Å²) in [5, 5.41) is 2.80. The largest absolute Gasteiger partial charge is 0.467 e. The molecule has 3 N–H and O–H groups in total. The first kappa shape index (κ1) is 13.5. The van der Waals surface area contributed by atoms with E-state index < -0.39 is 0 Å². The Morgan fingerprint density at radius 2 is 2.26 bits per heavy atom. The third kappa shape index (κ3) is 4.06. The quantitative estimate of drug-likeness (QED) is 0.650. The summed E-state index contributed by atoms with van der Waals surface area (Å²) >= 11 is 1.44. The Labute approximate surface area is 116 Å². The Balaban J connectivity index is 1.81. The van der Waals surface area contributed by atoms with E-state index in [1.54, 1.807) is 12.3 Å². The number of hydrogen-bond acceptors (Lipinski definition) is 4. The van der Waals surface area contributed by atoms with Crippen LogP contribution in [0.15, 0.2) is 45.9 Å². The number of carbonyl (C=O) groups is 1. The number of benzene rings is 1. The van der Waals surface area contributed by atoms with Crippen LogP contribution in [-0.2, 0) is 11.3 Å². The first-order chi connectivity index (χ1) is 9.15. The predicted octanol–water partition coefficient (Wildman–Crippen LogP) is 2.58. The topological polar surface area (TPSA) is 68.3 Å². The number of amides is 1. The van der Waals surface area contributed by atoms with Gasteiger partial charge >= 0.3 is 0 Å². The van der Waals surface area contributed by atoms with Crippen molar-refractivity contribution in [2.45, 2.75) is 18.4 Å². The predicted molar refractivity (Wildman–Crippen MR) is 76.9 cm³/mol. The first-order valence-corrected chi connectivity index (χ1v) is 6.92. The number of rotatable bonds is 5. The zero-order chi connectivity index (χ0) is 13.7. The maximum atomic E-state index is 11.7. The van der Waals surface area contributed by atoms with Gasteiger partial charge in [0.2, 0.25) is 5.91 Å². The lowest BCUT2D eigenvalue weighted by molar-refractivity contribution is -0.118. The van der Waals surface area contributed by atoms with Crippen molar-refractivity contribution in [3.63, 3.8) is 0 Å². The molecule has 0 bridgehead atoms. The molecule has 1 aromatic heterocycles. The van der Waals surface area contributed by atoms with Crippen molar-refractivity contribution in [1.82, 2.24) is 5.32 Å². The summed E-state index contributed by atoms with van der Waals surface area (Å²) in [5.74, 6) is 1.05. The van der Waals surface area contributed by atoms with Gasteiger partial charge in [0.1, 0.15) is 5.76 Å². The Hall–Kier alpha value is -1.88. The normalized spacial score (nSPS) is 10.4. The Morgan fingerprint density at radius 1 is 1.42 bits per heavy atom. The molecule has 1 aromatic carbocycles. The highest BCUT2D eigenvalue weighted by atomic mass is 32.2. The lowest BCUT2D eigenvalue weighted by Gasteiger charge is -2.07. The van der Waals surface area contributed by atoms with Crippen LogP contribution in [-0.4, -0.2) is 11.7 Å². The second-order valence-electron chi connectivity index (χ2n) is 4.19. The van der Waals surface area contributed by atoms with Gasteiger partial charge in [-0.3, -0.25) is 4.79 Å². The minimum atomic E-state index is -0.0395. The molecule has 5 heteroatoms. The molecule has 0 saturated heterocycles. The highest BCUT2D eigenvalue weighted by Crippen LogP contribution is 2.25. The van der Waals surface area contributed by atoms with Gasteiger partial charge in [0.25, 0.3) is 0 Å². The number of nitrogens with two attached hydrogens (primary N) is 1. The van der Waals surface area contributed by atoms with E-state index in [1.807, 2.05) is 31.2 Å². The molecule has 0 fully saturated rings. The monoisotopic (exact) mass is 276 g/mol. The molecule has 0 radical (unpaired) electrons. The number of thioether (sulfide) groups is 1. The van der Waals surface area contributed by atoms with Gasteiger partial charge in [-0.1, -0.05) is 6.07 Å². The van der Waals surface area contributed by atoms with Gasteiger partial charge in [0, 0.05) is 10.6 Å². The number of anilines is 1. The highest BCUT2D eigenvalue weighted by molar-refractivity contribution is 8.00. The minimum Gasteiger partial charge on any atom is -0.467 e. The summed E-state index contributed by atoms with van der Waals surface area (Å²) < 4.78 is 5.14. The van der Waals surface area contributed by atoms with Gasteiger partial charge in [-0.25, -0.2) is 0 Å². The van der Waals surface area contributed by atoms with Gasteiger partial charge in [-0.2, -0.15) is 0 Å². The SMILES string of the molecule is Cc1ccc(N)c(SCC(=O)NCc2ccco2)c1. The molecule has 1 amide bonds. The summed E-state index contributed by atoms with van der Waals surface area (Å²) in [6.07, 6.45) is 1.59. The molecule has 4 nitrogen and oxygen atoms in total. The van der Waals surface area contributed by atoms with Crippen molar-refractivity contribution in [1.29, 1.82) is 0 Å². The molecule has 1 heterocycles. The van der Waals surface area contributed by atoms with Crippen LogP contribution in [0.4, 0.5) is 5.69 Å². The Bertz CT molecular complexity index is 553. The van der Waals surface area contributed by atoms with Crippen LogP contribution in [0.3, 0.4) is 0 Å². The second kappa shape index (κ2) is 6.33. The van der Waals surface area contributed by atoms with E-state index in [0.717, 1.165) is 16.2 Å². The highest BCUT2D eigenvalue weighted by Gasteiger charge is 2.06. The minimum absolute atomic E-state index is 0.0395. The van der Waals surface area contributed by atoms with Crippen molar-refractivity contribution in [2.24, 2.45) is 0 Å². The van der Waals surface area contributed by atoms with E-state index >= 15 is 0 Å². The van der Waals surface area contributed by atoms with Crippen LogP contribution in [0.25, 0.3) is 0 Å². The molecule has 0 aliphatic rings. The standard InChI is InChI=1S/C14H16N2O2S/c1-10-4-5-12(15)13(7-10)19-9-14(17)16-8-11-3-2-6-18-11/h2-7H,8-9,15H2,1H3,(H,16,17). The Morgan fingerprint density at radius 3 is 3.00 bits per heavy atom. The molecule has 0 spiro atoms. The maximum Gasteiger partial charge on any atom is 0.230 e. The van der Waals surface area contributed by atoms with Gasteiger partial charge in [-0.15, -0.1) is 11.8 Å². The third-order valence-corrected chi connectivity index (χ3v) is 3.64. The van der Waals surface area contributed by atoms with Crippen LogP contribution in [0.2, 0.25) is 0 Å². The number of nitrogens with one attached hydrogen (secondary N) is 1. The van der Waals surface area contributed by atoms with Gasteiger partial charge in [-0.05, 0) is 36.8 Å². The average Bonchev–Trinajstić information content (AvgIpc) is 2.90. The smallest absolute Gasteiger partial charge is 0.230 e. The van der Waals surface area contributed by atoms with Crippen molar-refractivity contribution in [2.75, 3.05) is 11.5 Å². The molecular formula is C14H16N2O2S. The molecule has 0 atom stereocenters. The summed E-state index contributed by atoms with van der Waals surface area (Å²) in [7, 11) is 0. The average molecular weight is 276 g/mol. The zero-order valence-electron chi connectivity index (χ0n) is 10.7. The molecule has 0 aliphatic carbocycles. The van der Waals surface area contributed by atoms with E-state index in [9.17, 15) is 4.79 Å². The lowest BCUT2D eigenvalue weighted by atomic mass is 10.2. The molecule has 100 valence electrons. The summed E-state index contributed by atoms with van der Waals surface area (Å²) in [6.45, 7) is 2.41. The van der Waals surface area contributed by atoms with Gasteiger partial charge in [0.05, 0.1) is 18.6 Å². The fourth-order valence-corrected chi connectivity index (χ4v) is 2.45. The molecule has 0 unspecified atom stereocenters. The molecular weight excluding hydrogens is 260 g/mol. The lowest BCUT2D eigenvalue weighted by Crippen LogP contribution is -2.24. The van der Waals surface area contributed by atoms with Crippen molar-refractivity contribution < 1.29 is 9.21 Å². The van der Waals surface area contributed by atoms with E-state index in [4.69, 9.17) is 10.2 Å². The number of nitrogen functional groups attached to an aromatic ring is 1. The molecule has 2 aromatic rings. The van der Waals surface area contributed by atoms with E-state index in [0.29, 0.717) is 18.0 Å². The van der Waals surface area contributed by atoms with Crippen LogP contribution < -0.4 is 11.1 Å². The molecule has 0 aliphatic heterocycles. The van der Waals surface area contributed by atoms with Crippen molar-refractivity contribution in [3.8, 4) is 0 Å². The second-order valence-corrected chi connectivity index (χ2v) is 5.20. The van der Waals surface area contributed by atoms with Crippen molar-refractivity contribution >= 4 is 23.4 Å². The first-order valence-electron chi connectivity index (χ1n) is 5.93. The van der Waals surface area contributed by atoms with E-state index in [1.165, 1.54) is 11.8 Å². The van der Waals surface area contributed by atoms with Crippen LogP contribution in [0.5, 0.6) is 0 Å². The fourth-order valence-electron chi connectivity index (χ4n) is 1.56. The zero-order valence-corrected chi connectivity index (χ0v) is 11.5. The summed E-state index contributed by atoms with van der Waals surface area (Å²) in [5.41, 5.74) is 7.69. The molecule has 19 heavy (non-hydrogen) atoms. The van der Waals surface area contributed by atoms with E-state index in [2.05, 4.69) is 5.32 Å². The number of hydrogen-bond donors (Lipinski definition) is 2. The maximum absolute atomic E-state index is 11.7. The summed E-state index contributed by atoms with van der Waals surface area (Å²) in [4.78, 5) is 12.6. The van der Waals surface area contributed by atoms with Gasteiger partial charge < -0.3 is 15.5 Å². The van der Waals surface area contributed by atoms with Gasteiger partial charge in [0.15, 0.2) is 0 Å². The van der Waals surface area contributed by atoms with Crippen LogP contribution in [0.1, 0.15) is 11.3 Å². The Kier molecular flexibility index (Phi) is 4.52. The number of furan rings is 1. The van der Waals surface area contributed by atoms with Crippen LogP contribution >= 0.6 is 11.8 Å². The summed E-state index contributed by atoms with van der Waals surface area (Å²) in [6, 6.07) is 9.42.